The first-order chi connectivity index (χ1) is 27.2. The molecule has 0 bridgehead atoms. The fraction of sp³-hybridized carbons (Fsp3) is 0.250. The van der Waals surface area contributed by atoms with Crippen molar-refractivity contribution in [1.82, 2.24) is 0 Å². The molecule has 0 aliphatic heterocycles. The summed E-state index contributed by atoms with van der Waals surface area (Å²) in [5, 5.41) is 0. The van der Waals surface area contributed by atoms with E-state index in [9.17, 15) is 24.0 Å². The number of benzene rings is 4. The molecule has 0 spiro atoms. The minimum atomic E-state index is -0.569. The van der Waals surface area contributed by atoms with E-state index in [1.54, 1.807) is 66.7 Å². The molecule has 0 radical (unpaired) electrons. The number of rotatable bonds is 22. The van der Waals surface area contributed by atoms with E-state index in [1.807, 2.05) is 0 Å². The highest BCUT2D eigenvalue weighted by atomic mass is 16.6. The van der Waals surface area contributed by atoms with Gasteiger partial charge in [0.15, 0.2) is 11.5 Å². The molecule has 56 heavy (non-hydrogen) atoms. The van der Waals surface area contributed by atoms with Crippen LogP contribution < -0.4 is 18.9 Å². The highest BCUT2D eigenvalue weighted by Gasteiger charge is 2.15. The molecule has 0 N–H and O–H groups in total. The van der Waals surface area contributed by atoms with Crippen molar-refractivity contribution in [3.05, 3.63) is 133 Å². The molecule has 0 saturated heterocycles. The second kappa shape index (κ2) is 22.5. The van der Waals surface area contributed by atoms with E-state index in [0.29, 0.717) is 60.0 Å². The molecule has 0 aliphatic rings. The first kappa shape index (κ1) is 42.1. The molecule has 4 rings (SSSR count). The van der Waals surface area contributed by atoms with Gasteiger partial charge in [-0.05, 0) is 116 Å². The average molecular weight is 765 g/mol. The van der Waals surface area contributed by atoms with Crippen molar-refractivity contribution in [2.45, 2.75) is 38.5 Å². The van der Waals surface area contributed by atoms with E-state index < -0.39 is 29.8 Å². The molecule has 292 valence electrons. The van der Waals surface area contributed by atoms with Crippen molar-refractivity contribution < 1.29 is 57.1 Å². The van der Waals surface area contributed by atoms with Crippen LogP contribution in [-0.2, 0) is 23.8 Å². The van der Waals surface area contributed by atoms with E-state index in [0.717, 1.165) is 49.0 Å². The lowest BCUT2D eigenvalue weighted by atomic mass is 10.0. The minimum Gasteiger partial charge on any atom is -0.493 e. The molecule has 0 fully saturated rings. The molecule has 4 aromatic rings. The van der Waals surface area contributed by atoms with Gasteiger partial charge in [-0.15, -0.1) is 0 Å². The lowest BCUT2D eigenvalue weighted by Crippen LogP contribution is -2.10. The van der Waals surface area contributed by atoms with Crippen LogP contribution >= 0.6 is 0 Å². The van der Waals surface area contributed by atoms with Crippen molar-refractivity contribution in [3.63, 3.8) is 0 Å². The van der Waals surface area contributed by atoms with Gasteiger partial charge in [-0.25, -0.2) is 24.0 Å². The third kappa shape index (κ3) is 13.6. The van der Waals surface area contributed by atoms with E-state index in [-0.39, 0.29) is 19.0 Å². The third-order valence-corrected chi connectivity index (χ3v) is 8.11. The SMILES string of the molecule is C=CC(=O)OCCCCCCOc1ccc(C(=O)Oc2ccc(-c3ccc(C(=O)Oc4ccc(C(=O)OCCCCOC(=O)C=C)cc4)cc3)cc2)cc1OC. The predicted octanol–water partition coefficient (Wildman–Crippen LogP) is 8.14. The number of hydrogen-bond acceptors (Lipinski definition) is 12. The summed E-state index contributed by atoms with van der Waals surface area (Å²) in [6.07, 6.45) is 6.66. The van der Waals surface area contributed by atoms with Gasteiger partial charge in [-0.2, -0.15) is 0 Å². The Bertz CT molecular complexity index is 1950. The second-order valence-electron chi connectivity index (χ2n) is 12.1. The summed E-state index contributed by atoms with van der Waals surface area (Å²) in [4.78, 5) is 60.1. The topological polar surface area (TPSA) is 150 Å². The zero-order valence-electron chi connectivity index (χ0n) is 31.2. The molecule has 12 heteroatoms. The highest BCUT2D eigenvalue weighted by Crippen LogP contribution is 2.30. The Morgan fingerprint density at radius 1 is 0.482 bits per heavy atom. The van der Waals surface area contributed by atoms with E-state index in [2.05, 4.69) is 13.2 Å². The Morgan fingerprint density at radius 3 is 1.46 bits per heavy atom. The number of ether oxygens (including phenoxy) is 7. The summed E-state index contributed by atoms with van der Waals surface area (Å²) in [7, 11) is 1.50. The molecule has 0 heterocycles. The molecule has 0 aliphatic carbocycles. The van der Waals surface area contributed by atoms with Crippen molar-refractivity contribution in [1.29, 1.82) is 0 Å². The zero-order chi connectivity index (χ0) is 40.1. The smallest absolute Gasteiger partial charge is 0.343 e. The normalized spacial score (nSPS) is 10.4. The van der Waals surface area contributed by atoms with Crippen LogP contribution in [0.2, 0.25) is 0 Å². The minimum absolute atomic E-state index is 0.168. The molecular weight excluding hydrogens is 720 g/mol. The average Bonchev–Trinajstić information content (AvgIpc) is 3.23. The zero-order valence-corrected chi connectivity index (χ0v) is 31.2. The Morgan fingerprint density at radius 2 is 0.911 bits per heavy atom. The highest BCUT2D eigenvalue weighted by molar-refractivity contribution is 5.93. The van der Waals surface area contributed by atoms with Crippen LogP contribution in [0.15, 0.2) is 116 Å². The molecule has 12 nitrogen and oxygen atoms in total. The molecule has 0 aromatic heterocycles. The van der Waals surface area contributed by atoms with Crippen LogP contribution in [0.3, 0.4) is 0 Å². The van der Waals surface area contributed by atoms with Crippen LogP contribution in [0, 0.1) is 0 Å². The molecule has 0 unspecified atom stereocenters. The van der Waals surface area contributed by atoms with Gasteiger partial charge >= 0.3 is 29.8 Å². The van der Waals surface area contributed by atoms with Gasteiger partial charge in [0.2, 0.25) is 0 Å². The van der Waals surface area contributed by atoms with Gasteiger partial charge < -0.3 is 33.2 Å². The fourth-order valence-corrected chi connectivity index (χ4v) is 5.07. The maximum absolute atomic E-state index is 12.9. The van der Waals surface area contributed by atoms with E-state index in [4.69, 9.17) is 33.2 Å². The number of esters is 5. The number of methoxy groups -OCH3 is 1. The van der Waals surface area contributed by atoms with E-state index >= 15 is 0 Å². The first-order valence-corrected chi connectivity index (χ1v) is 18.0. The quantitative estimate of drug-likeness (QED) is 0.0250. The van der Waals surface area contributed by atoms with Crippen LogP contribution in [0.25, 0.3) is 11.1 Å². The van der Waals surface area contributed by atoms with Crippen LogP contribution in [0.5, 0.6) is 23.0 Å². The fourth-order valence-electron chi connectivity index (χ4n) is 5.07. The number of carbonyl (C=O) groups excluding carboxylic acids is 5. The lowest BCUT2D eigenvalue weighted by Gasteiger charge is -2.12. The molecule has 0 atom stereocenters. The Balaban J connectivity index is 1.20. The monoisotopic (exact) mass is 764 g/mol. The Hall–Kier alpha value is -6.69. The first-order valence-electron chi connectivity index (χ1n) is 18.0. The van der Waals surface area contributed by atoms with Crippen LogP contribution in [0.1, 0.15) is 69.6 Å². The number of unbranched alkanes of at least 4 members (excludes halogenated alkanes) is 4. The van der Waals surface area contributed by atoms with E-state index in [1.165, 1.54) is 31.4 Å². The Labute approximate surface area is 325 Å². The van der Waals surface area contributed by atoms with Gasteiger partial charge in [0.05, 0.1) is 50.2 Å². The van der Waals surface area contributed by atoms with Crippen molar-refractivity contribution in [2.75, 3.05) is 33.5 Å². The standard InChI is InChI=1S/C44H44O12/c1-4-40(45)52-27-9-7-6-8-26-51-38-25-20-35(30-39(38)50-3)44(49)56-36-21-16-32(17-22-36)31-12-14-34(15-13-31)43(48)55-37-23-18-33(19-24-37)42(47)54-29-11-10-28-53-41(46)5-2/h4-5,12-25,30H,1-2,6-11,26-29H2,3H3. The summed E-state index contributed by atoms with van der Waals surface area (Å²) < 4.78 is 37.4. The largest absolute Gasteiger partial charge is 0.493 e. The van der Waals surface area contributed by atoms with Crippen LogP contribution in [0.4, 0.5) is 0 Å². The third-order valence-electron chi connectivity index (χ3n) is 8.11. The summed E-state index contributed by atoms with van der Waals surface area (Å²) in [6, 6.07) is 24.7. The van der Waals surface area contributed by atoms with Gasteiger partial charge in [-0.3, -0.25) is 0 Å². The summed E-state index contributed by atoms with van der Waals surface area (Å²) in [5.41, 5.74) is 2.59. The van der Waals surface area contributed by atoms with Crippen molar-refractivity contribution >= 4 is 29.8 Å². The van der Waals surface area contributed by atoms with Gasteiger partial charge in [0.1, 0.15) is 11.5 Å². The maximum atomic E-state index is 12.9. The van der Waals surface area contributed by atoms with Gasteiger partial charge in [-0.1, -0.05) is 37.4 Å². The van der Waals surface area contributed by atoms with Crippen LogP contribution in [-0.4, -0.2) is 63.4 Å². The van der Waals surface area contributed by atoms with Crippen molar-refractivity contribution in [3.8, 4) is 34.1 Å². The number of hydrogen-bond donors (Lipinski definition) is 0. The van der Waals surface area contributed by atoms with Crippen molar-refractivity contribution in [2.24, 2.45) is 0 Å². The molecule has 0 saturated carbocycles. The molecule has 4 aromatic carbocycles. The van der Waals surface area contributed by atoms with Gasteiger partial charge in [0, 0.05) is 12.2 Å². The summed E-state index contributed by atoms with van der Waals surface area (Å²) in [6.45, 7) is 7.90. The predicted molar refractivity (Wildman–Crippen MR) is 207 cm³/mol. The maximum Gasteiger partial charge on any atom is 0.343 e. The lowest BCUT2D eigenvalue weighted by molar-refractivity contribution is -0.138. The summed E-state index contributed by atoms with van der Waals surface area (Å²) in [5.74, 6) is -1.04. The van der Waals surface area contributed by atoms with Gasteiger partial charge in [0.25, 0.3) is 0 Å². The second-order valence-corrected chi connectivity index (χ2v) is 12.1. The number of carbonyl (C=O) groups is 5. The molecule has 0 amide bonds. The Kier molecular flexibility index (Phi) is 16.9. The molecular formula is C44H44O12. The summed E-state index contributed by atoms with van der Waals surface area (Å²) >= 11 is 0.